The molecule has 0 unspecified atom stereocenters. The Hall–Kier alpha value is -0.790. The lowest BCUT2D eigenvalue weighted by Crippen LogP contribution is -1.71. The van der Waals surface area contributed by atoms with Gasteiger partial charge in [-0.05, 0) is 41.6 Å². The lowest BCUT2D eigenvalue weighted by atomic mass is 10.1. The van der Waals surface area contributed by atoms with Crippen molar-refractivity contribution in [1.29, 1.82) is 0 Å². The second kappa shape index (κ2) is 3.52. The quantitative estimate of drug-likeness (QED) is 0.653. The van der Waals surface area contributed by atoms with Gasteiger partial charge in [0, 0.05) is 9.90 Å². The Morgan fingerprint density at radius 2 is 1.77 bits per heavy atom. The van der Waals surface area contributed by atoms with Crippen molar-refractivity contribution in [3.63, 3.8) is 0 Å². The predicted octanol–water partition coefficient (Wildman–Crippen LogP) is 4.38. The zero-order valence-electron chi connectivity index (χ0n) is 7.25. The van der Waals surface area contributed by atoms with Gasteiger partial charge in [0.15, 0.2) is 0 Å². The summed E-state index contributed by atoms with van der Waals surface area (Å²) in [5, 5.41) is 2.95. The van der Waals surface area contributed by atoms with Crippen molar-refractivity contribution in [1.82, 2.24) is 0 Å². The van der Waals surface area contributed by atoms with E-state index in [0.29, 0.717) is 0 Å². The summed E-state index contributed by atoms with van der Waals surface area (Å²) in [7, 11) is 0. The summed E-state index contributed by atoms with van der Waals surface area (Å²) in [5.41, 5.74) is 2.51. The topological polar surface area (TPSA) is 0 Å². The van der Waals surface area contributed by atoms with Gasteiger partial charge in [-0.3, -0.25) is 0 Å². The van der Waals surface area contributed by atoms with Crippen LogP contribution in [0.4, 0.5) is 0 Å². The molecule has 2 aromatic rings. The van der Waals surface area contributed by atoms with Gasteiger partial charge >= 0.3 is 0 Å². The fourth-order valence-corrected chi connectivity index (χ4v) is 2.08. The summed E-state index contributed by atoms with van der Waals surface area (Å²) in [6, 6.07) is 10.1. The molecule has 0 N–H and O–H groups in total. The van der Waals surface area contributed by atoms with E-state index in [1.165, 1.54) is 16.0 Å². The van der Waals surface area contributed by atoms with Crippen LogP contribution in [0, 0.1) is 6.92 Å². The molecule has 2 heteroatoms. The maximum Gasteiger partial charge on any atom is 0.0406 e. The maximum atomic E-state index is 5.81. The third-order valence-corrected chi connectivity index (χ3v) is 3.02. The third-order valence-electron chi connectivity index (χ3n) is 1.91. The van der Waals surface area contributed by atoms with Gasteiger partial charge < -0.3 is 0 Å². The first-order chi connectivity index (χ1) is 6.25. The van der Waals surface area contributed by atoms with E-state index in [4.69, 9.17) is 11.6 Å². The molecule has 0 atom stereocenters. The van der Waals surface area contributed by atoms with E-state index in [9.17, 15) is 0 Å². The number of hydrogen-bond donors (Lipinski definition) is 0. The summed E-state index contributed by atoms with van der Waals surface area (Å²) in [6.07, 6.45) is 0. The van der Waals surface area contributed by atoms with Crippen molar-refractivity contribution in [2.45, 2.75) is 6.92 Å². The van der Waals surface area contributed by atoms with Crippen molar-refractivity contribution >= 4 is 22.9 Å². The SMILES string of the molecule is Cc1cc(-c2ccc(Cl)cc2)cs1. The van der Waals surface area contributed by atoms with Crippen LogP contribution in [0.3, 0.4) is 0 Å². The zero-order valence-corrected chi connectivity index (χ0v) is 8.82. The van der Waals surface area contributed by atoms with Crippen LogP contribution in [0.2, 0.25) is 5.02 Å². The maximum absolute atomic E-state index is 5.81. The monoisotopic (exact) mass is 208 g/mol. The highest BCUT2D eigenvalue weighted by atomic mass is 35.5. The lowest BCUT2D eigenvalue weighted by Gasteiger charge is -1.96. The summed E-state index contributed by atoms with van der Waals surface area (Å²) in [5.74, 6) is 0. The lowest BCUT2D eigenvalue weighted by molar-refractivity contribution is 1.61. The van der Waals surface area contributed by atoms with Gasteiger partial charge in [0.2, 0.25) is 0 Å². The molecule has 0 aliphatic carbocycles. The van der Waals surface area contributed by atoms with E-state index in [1.54, 1.807) is 11.3 Å². The Labute approximate surface area is 86.8 Å². The van der Waals surface area contributed by atoms with Crippen LogP contribution in [0.25, 0.3) is 11.1 Å². The fraction of sp³-hybridized carbons (Fsp3) is 0.0909. The molecule has 0 amide bonds. The molecule has 0 saturated carbocycles. The molecule has 0 radical (unpaired) electrons. The van der Waals surface area contributed by atoms with Crippen LogP contribution in [-0.2, 0) is 0 Å². The Balaban J connectivity index is 2.41. The van der Waals surface area contributed by atoms with Gasteiger partial charge in [-0.2, -0.15) is 0 Å². The summed E-state index contributed by atoms with van der Waals surface area (Å²) >= 11 is 7.58. The number of hydrogen-bond acceptors (Lipinski definition) is 1. The minimum absolute atomic E-state index is 0.788. The van der Waals surface area contributed by atoms with Crippen LogP contribution in [-0.4, -0.2) is 0 Å². The number of aryl methyl sites for hydroxylation is 1. The Kier molecular flexibility index (Phi) is 2.38. The van der Waals surface area contributed by atoms with E-state index in [0.717, 1.165) is 5.02 Å². The predicted molar refractivity (Wildman–Crippen MR) is 59.5 cm³/mol. The summed E-state index contributed by atoms with van der Waals surface area (Å²) < 4.78 is 0. The fourth-order valence-electron chi connectivity index (χ4n) is 1.24. The number of rotatable bonds is 1. The molecule has 66 valence electrons. The third kappa shape index (κ3) is 1.93. The molecule has 0 bridgehead atoms. The van der Waals surface area contributed by atoms with Crippen molar-refractivity contribution < 1.29 is 0 Å². The zero-order chi connectivity index (χ0) is 9.26. The van der Waals surface area contributed by atoms with Gasteiger partial charge in [-0.25, -0.2) is 0 Å². The highest BCUT2D eigenvalue weighted by Crippen LogP contribution is 2.25. The second-order valence-corrected chi connectivity index (χ2v) is 4.50. The summed E-state index contributed by atoms with van der Waals surface area (Å²) in [4.78, 5) is 1.34. The van der Waals surface area contributed by atoms with Crippen molar-refractivity contribution in [3.05, 3.63) is 45.6 Å². The molecule has 0 aliphatic rings. The van der Waals surface area contributed by atoms with E-state index < -0.39 is 0 Å². The Bertz CT molecular complexity index is 400. The van der Waals surface area contributed by atoms with Gasteiger partial charge in [0.1, 0.15) is 0 Å². The molecule has 0 fully saturated rings. The first-order valence-electron chi connectivity index (χ1n) is 4.07. The van der Waals surface area contributed by atoms with Crippen molar-refractivity contribution in [2.75, 3.05) is 0 Å². The molecule has 1 heterocycles. The minimum atomic E-state index is 0.788. The molecule has 0 saturated heterocycles. The van der Waals surface area contributed by atoms with Crippen molar-refractivity contribution in [3.8, 4) is 11.1 Å². The highest BCUT2D eigenvalue weighted by Gasteiger charge is 1.98. The standard InChI is InChI=1S/C11H9ClS/c1-8-6-10(7-13-8)9-2-4-11(12)5-3-9/h2-7H,1H3. The number of halogens is 1. The second-order valence-electron chi connectivity index (χ2n) is 2.95. The van der Waals surface area contributed by atoms with Gasteiger partial charge in [0.25, 0.3) is 0 Å². The molecule has 0 spiro atoms. The first-order valence-corrected chi connectivity index (χ1v) is 5.32. The molecular weight excluding hydrogens is 200 g/mol. The van der Waals surface area contributed by atoms with Crippen molar-refractivity contribution in [2.24, 2.45) is 0 Å². The Morgan fingerprint density at radius 1 is 1.08 bits per heavy atom. The van der Waals surface area contributed by atoms with Gasteiger partial charge in [-0.1, -0.05) is 23.7 Å². The molecule has 2 rings (SSSR count). The highest BCUT2D eigenvalue weighted by molar-refractivity contribution is 7.10. The summed E-state index contributed by atoms with van der Waals surface area (Å²) in [6.45, 7) is 2.12. The van der Waals surface area contributed by atoms with Crippen LogP contribution in [0.5, 0.6) is 0 Å². The number of thiophene rings is 1. The van der Waals surface area contributed by atoms with Crippen LogP contribution in [0.1, 0.15) is 4.88 Å². The molecule has 0 aliphatic heterocycles. The Morgan fingerprint density at radius 3 is 2.31 bits per heavy atom. The van der Waals surface area contributed by atoms with Gasteiger partial charge in [0.05, 0.1) is 0 Å². The largest absolute Gasteiger partial charge is 0.149 e. The van der Waals surface area contributed by atoms with E-state index >= 15 is 0 Å². The van der Waals surface area contributed by atoms with Crippen LogP contribution < -0.4 is 0 Å². The first kappa shape index (κ1) is 8.79. The van der Waals surface area contributed by atoms with E-state index in [1.807, 2.05) is 24.3 Å². The van der Waals surface area contributed by atoms with Gasteiger partial charge in [-0.15, -0.1) is 11.3 Å². The smallest absolute Gasteiger partial charge is 0.0406 e. The molecule has 1 aromatic carbocycles. The molecular formula is C11H9ClS. The minimum Gasteiger partial charge on any atom is -0.149 e. The van der Waals surface area contributed by atoms with E-state index in [2.05, 4.69) is 18.4 Å². The molecule has 0 nitrogen and oxygen atoms in total. The number of benzene rings is 1. The normalized spacial score (nSPS) is 10.3. The average molecular weight is 209 g/mol. The van der Waals surface area contributed by atoms with Crippen LogP contribution >= 0.6 is 22.9 Å². The van der Waals surface area contributed by atoms with E-state index in [-0.39, 0.29) is 0 Å². The van der Waals surface area contributed by atoms with Crippen LogP contribution in [0.15, 0.2) is 35.7 Å². The molecule has 1 aromatic heterocycles. The molecule has 13 heavy (non-hydrogen) atoms. The average Bonchev–Trinajstić information content (AvgIpc) is 2.53.